The van der Waals surface area contributed by atoms with E-state index in [9.17, 15) is 14.7 Å². The number of aromatic nitrogens is 2. The van der Waals surface area contributed by atoms with Crippen LogP contribution in [0.4, 0.5) is 0 Å². The number of hydrogen-bond acceptors (Lipinski definition) is 3. The van der Waals surface area contributed by atoms with Crippen LogP contribution in [-0.2, 0) is 11.3 Å². The van der Waals surface area contributed by atoms with E-state index in [4.69, 9.17) is 0 Å². The first-order valence-electron chi connectivity index (χ1n) is 6.88. The molecular weight excluding hydrogens is 268 g/mol. The molecule has 0 aliphatic carbocycles. The Kier molecular flexibility index (Phi) is 2.93. The molecule has 2 heterocycles. The molecule has 5 heteroatoms. The van der Waals surface area contributed by atoms with Crippen molar-refractivity contribution in [1.82, 2.24) is 9.55 Å². The fourth-order valence-electron chi connectivity index (χ4n) is 2.76. The van der Waals surface area contributed by atoms with Crippen LogP contribution in [-0.4, -0.2) is 20.6 Å². The SMILES string of the molecule is CC(C)C1(C(=O)O)C=Cc2nc3ccccc3c(=O)n2C1. The minimum absolute atomic E-state index is 0.114. The Morgan fingerprint density at radius 2 is 2.10 bits per heavy atom. The van der Waals surface area contributed by atoms with E-state index in [1.54, 1.807) is 30.4 Å². The van der Waals surface area contributed by atoms with Gasteiger partial charge < -0.3 is 5.11 Å². The second-order valence-electron chi connectivity index (χ2n) is 5.71. The fourth-order valence-corrected chi connectivity index (χ4v) is 2.76. The standard InChI is InChI=1S/C16H16N2O3/c1-10(2)16(15(20)21)8-7-13-17-12-6-4-3-5-11(12)14(19)18(13)9-16/h3-8,10H,9H2,1-2H3,(H,20,21). The van der Waals surface area contributed by atoms with Gasteiger partial charge in [-0.25, -0.2) is 4.98 Å². The van der Waals surface area contributed by atoms with Crippen molar-refractivity contribution in [3.63, 3.8) is 0 Å². The second-order valence-corrected chi connectivity index (χ2v) is 5.71. The number of para-hydroxylation sites is 1. The molecule has 1 atom stereocenters. The highest BCUT2D eigenvalue weighted by Crippen LogP contribution is 2.35. The fraction of sp³-hybridized carbons (Fsp3) is 0.312. The molecule has 0 spiro atoms. The van der Waals surface area contributed by atoms with Gasteiger partial charge in [0.25, 0.3) is 5.56 Å². The van der Waals surface area contributed by atoms with Gasteiger partial charge in [0.05, 0.1) is 10.9 Å². The molecule has 0 amide bonds. The lowest BCUT2D eigenvalue weighted by Gasteiger charge is -2.34. The largest absolute Gasteiger partial charge is 0.481 e. The summed E-state index contributed by atoms with van der Waals surface area (Å²) >= 11 is 0. The van der Waals surface area contributed by atoms with Gasteiger partial charge >= 0.3 is 5.97 Å². The quantitative estimate of drug-likeness (QED) is 0.917. The number of nitrogens with zero attached hydrogens (tertiary/aromatic N) is 2. The summed E-state index contributed by atoms with van der Waals surface area (Å²) in [7, 11) is 0. The second kappa shape index (κ2) is 4.55. The lowest BCUT2D eigenvalue weighted by atomic mass is 9.75. The minimum Gasteiger partial charge on any atom is -0.481 e. The molecule has 0 radical (unpaired) electrons. The van der Waals surface area contributed by atoms with Gasteiger partial charge in [-0.05, 0) is 24.1 Å². The van der Waals surface area contributed by atoms with Gasteiger partial charge in [-0.15, -0.1) is 0 Å². The first-order valence-corrected chi connectivity index (χ1v) is 6.88. The summed E-state index contributed by atoms with van der Waals surface area (Å²) in [4.78, 5) is 28.8. The predicted molar refractivity (Wildman–Crippen MR) is 79.9 cm³/mol. The number of hydrogen-bond donors (Lipinski definition) is 1. The number of carbonyl (C=O) groups is 1. The molecule has 1 unspecified atom stereocenters. The van der Waals surface area contributed by atoms with E-state index in [2.05, 4.69) is 4.98 Å². The van der Waals surface area contributed by atoms with Crippen molar-refractivity contribution in [2.45, 2.75) is 20.4 Å². The zero-order valence-electron chi connectivity index (χ0n) is 11.9. The first kappa shape index (κ1) is 13.5. The Morgan fingerprint density at radius 1 is 1.38 bits per heavy atom. The van der Waals surface area contributed by atoms with Gasteiger partial charge in [-0.1, -0.05) is 32.1 Å². The van der Waals surface area contributed by atoms with Gasteiger partial charge in [0.2, 0.25) is 0 Å². The van der Waals surface area contributed by atoms with Crippen LogP contribution in [0.25, 0.3) is 17.0 Å². The van der Waals surface area contributed by atoms with E-state index in [1.807, 2.05) is 19.9 Å². The molecule has 0 fully saturated rings. The van der Waals surface area contributed by atoms with E-state index in [-0.39, 0.29) is 18.0 Å². The summed E-state index contributed by atoms with van der Waals surface area (Å²) in [5.41, 5.74) is -0.627. The summed E-state index contributed by atoms with van der Waals surface area (Å²) < 4.78 is 1.47. The van der Waals surface area contributed by atoms with Crippen LogP contribution in [0, 0.1) is 11.3 Å². The highest BCUT2D eigenvalue weighted by Gasteiger charge is 2.42. The van der Waals surface area contributed by atoms with Crippen LogP contribution < -0.4 is 5.56 Å². The molecule has 0 saturated heterocycles. The third kappa shape index (κ3) is 1.88. The molecule has 2 aromatic rings. The molecule has 1 N–H and O–H groups in total. The Labute approximate surface area is 121 Å². The smallest absolute Gasteiger partial charge is 0.315 e. The number of rotatable bonds is 2. The lowest BCUT2D eigenvalue weighted by molar-refractivity contribution is -0.149. The molecule has 5 nitrogen and oxygen atoms in total. The maximum Gasteiger partial charge on any atom is 0.315 e. The Morgan fingerprint density at radius 3 is 2.76 bits per heavy atom. The highest BCUT2D eigenvalue weighted by molar-refractivity contribution is 5.81. The molecule has 21 heavy (non-hydrogen) atoms. The highest BCUT2D eigenvalue weighted by atomic mass is 16.4. The summed E-state index contributed by atoms with van der Waals surface area (Å²) in [6.07, 6.45) is 3.31. The topological polar surface area (TPSA) is 72.2 Å². The van der Waals surface area contributed by atoms with Gasteiger partial charge in [-0.2, -0.15) is 0 Å². The Balaban J connectivity index is 2.27. The third-order valence-electron chi connectivity index (χ3n) is 4.27. The van der Waals surface area contributed by atoms with Crippen molar-refractivity contribution in [3.05, 3.63) is 46.5 Å². The lowest BCUT2D eigenvalue weighted by Crippen LogP contribution is -2.44. The van der Waals surface area contributed by atoms with E-state index in [0.29, 0.717) is 16.7 Å². The van der Waals surface area contributed by atoms with Crippen LogP contribution in [0.3, 0.4) is 0 Å². The molecule has 1 aliphatic heterocycles. The van der Waals surface area contributed by atoms with Gasteiger partial charge in [0.15, 0.2) is 0 Å². The molecule has 0 bridgehead atoms. The van der Waals surface area contributed by atoms with E-state index in [0.717, 1.165) is 0 Å². The van der Waals surface area contributed by atoms with E-state index in [1.165, 1.54) is 4.57 Å². The number of fused-ring (bicyclic) bond motifs is 2. The monoisotopic (exact) mass is 284 g/mol. The molecule has 108 valence electrons. The summed E-state index contributed by atoms with van der Waals surface area (Å²) in [5, 5.41) is 10.1. The van der Waals surface area contributed by atoms with Crippen LogP contribution >= 0.6 is 0 Å². The van der Waals surface area contributed by atoms with Crippen molar-refractivity contribution in [3.8, 4) is 0 Å². The summed E-state index contributed by atoms with van der Waals surface area (Å²) in [6, 6.07) is 7.11. The summed E-state index contributed by atoms with van der Waals surface area (Å²) in [6.45, 7) is 3.81. The van der Waals surface area contributed by atoms with Crippen LogP contribution in [0.5, 0.6) is 0 Å². The van der Waals surface area contributed by atoms with Crippen LogP contribution in [0.1, 0.15) is 19.7 Å². The zero-order valence-corrected chi connectivity index (χ0v) is 11.9. The van der Waals surface area contributed by atoms with Gasteiger partial charge in [0, 0.05) is 6.54 Å². The number of benzene rings is 1. The molecule has 0 saturated carbocycles. The van der Waals surface area contributed by atoms with Crippen molar-refractivity contribution < 1.29 is 9.90 Å². The maximum atomic E-state index is 12.6. The Bertz CT molecular complexity index is 820. The zero-order chi connectivity index (χ0) is 15.2. The average molecular weight is 284 g/mol. The average Bonchev–Trinajstić information content (AvgIpc) is 2.47. The normalized spacial score (nSPS) is 20.7. The Hall–Kier alpha value is -2.43. The van der Waals surface area contributed by atoms with Crippen molar-refractivity contribution >= 4 is 22.9 Å². The molecule has 3 rings (SSSR count). The van der Waals surface area contributed by atoms with Gasteiger partial charge in [0.1, 0.15) is 11.2 Å². The predicted octanol–water partition coefficient (Wildman–Crippen LogP) is 2.15. The van der Waals surface area contributed by atoms with Crippen molar-refractivity contribution in [2.24, 2.45) is 11.3 Å². The molecule has 1 aromatic heterocycles. The number of carboxylic acids is 1. The van der Waals surface area contributed by atoms with E-state index >= 15 is 0 Å². The van der Waals surface area contributed by atoms with Crippen molar-refractivity contribution in [1.29, 1.82) is 0 Å². The van der Waals surface area contributed by atoms with Gasteiger partial charge in [-0.3, -0.25) is 14.2 Å². The first-order chi connectivity index (χ1) is 9.95. The molecular formula is C16H16N2O3. The van der Waals surface area contributed by atoms with Crippen LogP contribution in [0.15, 0.2) is 35.1 Å². The number of carboxylic acid groups (broad SMARTS) is 1. The third-order valence-corrected chi connectivity index (χ3v) is 4.27. The minimum atomic E-state index is -1.07. The van der Waals surface area contributed by atoms with E-state index < -0.39 is 11.4 Å². The summed E-state index contributed by atoms with van der Waals surface area (Å²) in [5.74, 6) is -0.534. The van der Waals surface area contributed by atoms with Crippen molar-refractivity contribution in [2.75, 3.05) is 0 Å². The number of aliphatic carboxylic acids is 1. The maximum absolute atomic E-state index is 12.6. The molecule has 1 aliphatic rings. The van der Waals surface area contributed by atoms with Crippen LogP contribution in [0.2, 0.25) is 0 Å². The molecule has 1 aromatic carbocycles.